The number of hydrogen-bond donors (Lipinski definition) is 0. The lowest BCUT2D eigenvalue weighted by Gasteiger charge is -2.39. The van der Waals surface area contributed by atoms with Gasteiger partial charge in [0.05, 0.1) is 13.1 Å². The predicted molar refractivity (Wildman–Crippen MR) is 75.7 cm³/mol. The van der Waals surface area contributed by atoms with E-state index in [4.69, 9.17) is 4.74 Å². The molecule has 4 nitrogen and oxygen atoms in total. The Bertz CT molecular complexity index is 607. The van der Waals surface area contributed by atoms with Crippen LogP contribution in [0.2, 0.25) is 0 Å². The largest absolute Gasteiger partial charge is 0.487 e. The topological polar surface area (TPSA) is 42.4 Å². The van der Waals surface area contributed by atoms with Gasteiger partial charge in [0, 0.05) is 18.0 Å². The summed E-state index contributed by atoms with van der Waals surface area (Å²) < 4.78 is 5.76. The van der Waals surface area contributed by atoms with Crippen LogP contribution in [-0.2, 0) is 0 Å². The Hall–Kier alpha value is -2.36. The Kier molecular flexibility index (Phi) is 3.37. The monoisotopic (exact) mass is 268 g/mol. The summed E-state index contributed by atoms with van der Waals surface area (Å²) in [5, 5.41) is 0. The van der Waals surface area contributed by atoms with Crippen LogP contribution in [0.3, 0.4) is 0 Å². The normalized spacial score (nSPS) is 14.8. The molecule has 0 unspecified atom stereocenters. The van der Waals surface area contributed by atoms with Crippen molar-refractivity contribution in [1.82, 2.24) is 9.88 Å². The highest BCUT2D eigenvalue weighted by Crippen LogP contribution is 2.19. The van der Waals surface area contributed by atoms with Crippen LogP contribution in [0.5, 0.6) is 5.75 Å². The van der Waals surface area contributed by atoms with Crippen LogP contribution in [0, 0.1) is 6.92 Å². The molecular weight excluding hydrogens is 252 g/mol. The maximum absolute atomic E-state index is 12.2. The lowest BCUT2D eigenvalue weighted by molar-refractivity contribution is 0.0177. The van der Waals surface area contributed by atoms with Gasteiger partial charge in [-0.25, -0.2) is 0 Å². The van der Waals surface area contributed by atoms with Gasteiger partial charge in [-0.1, -0.05) is 17.7 Å². The van der Waals surface area contributed by atoms with Crippen molar-refractivity contribution in [2.75, 3.05) is 13.1 Å². The van der Waals surface area contributed by atoms with E-state index in [1.165, 1.54) is 0 Å². The summed E-state index contributed by atoms with van der Waals surface area (Å²) in [6, 6.07) is 11.3. The molecule has 4 heteroatoms. The molecule has 1 aromatic heterocycles. The first-order valence-electron chi connectivity index (χ1n) is 6.65. The molecule has 1 fully saturated rings. The standard InChI is InChI=1S/C16H16N2O2/c1-12-3-2-4-13(9-12)16(19)18-10-15(11-18)20-14-5-7-17-8-6-14/h2-9,15H,10-11H2,1H3. The molecule has 0 radical (unpaired) electrons. The molecule has 0 bridgehead atoms. The van der Waals surface area contributed by atoms with Crippen molar-refractivity contribution < 1.29 is 9.53 Å². The summed E-state index contributed by atoms with van der Waals surface area (Å²) in [6.45, 7) is 3.26. The summed E-state index contributed by atoms with van der Waals surface area (Å²) in [5.74, 6) is 0.871. The van der Waals surface area contributed by atoms with Crippen LogP contribution < -0.4 is 4.74 Å². The van der Waals surface area contributed by atoms with Crippen molar-refractivity contribution in [3.8, 4) is 5.75 Å². The fraction of sp³-hybridized carbons (Fsp3) is 0.250. The molecule has 1 aromatic carbocycles. The first-order valence-corrected chi connectivity index (χ1v) is 6.65. The molecule has 0 saturated carbocycles. The summed E-state index contributed by atoms with van der Waals surface area (Å²) >= 11 is 0. The Labute approximate surface area is 118 Å². The molecule has 1 saturated heterocycles. The number of aromatic nitrogens is 1. The van der Waals surface area contributed by atoms with Crippen LogP contribution in [-0.4, -0.2) is 35.0 Å². The van der Waals surface area contributed by atoms with Crippen molar-refractivity contribution >= 4 is 5.91 Å². The highest BCUT2D eigenvalue weighted by atomic mass is 16.5. The maximum Gasteiger partial charge on any atom is 0.254 e. The van der Waals surface area contributed by atoms with Crippen LogP contribution in [0.4, 0.5) is 0 Å². The molecule has 20 heavy (non-hydrogen) atoms. The van der Waals surface area contributed by atoms with E-state index in [-0.39, 0.29) is 12.0 Å². The minimum absolute atomic E-state index is 0.0725. The first-order chi connectivity index (χ1) is 9.72. The number of amides is 1. The number of likely N-dealkylation sites (tertiary alicyclic amines) is 1. The lowest BCUT2D eigenvalue weighted by Crippen LogP contribution is -2.56. The van der Waals surface area contributed by atoms with E-state index in [1.807, 2.05) is 43.3 Å². The summed E-state index contributed by atoms with van der Waals surface area (Å²) in [5.41, 5.74) is 1.84. The molecule has 0 N–H and O–H groups in total. The van der Waals surface area contributed by atoms with Crippen LogP contribution >= 0.6 is 0 Å². The molecule has 2 aromatic rings. The van der Waals surface area contributed by atoms with Gasteiger partial charge >= 0.3 is 0 Å². The van der Waals surface area contributed by atoms with Gasteiger partial charge in [0.15, 0.2) is 0 Å². The lowest BCUT2D eigenvalue weighted by atomic mass is 10.1. The number of ether oxygens (including phenoxy) is 1. The molecule has 0 aliphatic carbocycles. The van der Waals surface area contributed by atoms with E-state index in [2.05, 4.69) is 4.98 Å². The van der Waals surface area contributed by atoms with Crippen LogP contribution in [0.25, 0.3) is 0 Å². The quantitative estimate of drug-likeness (QED) is 0.857. The van der Waals surface area contributed by atoms with Gasteiger partial charge < -0.3 is 9.64 Å². The second-order valence-corrected chi connectivity index (χ2v) is 5.00. The Morgan fingerprint density at radius 1 is 1.25 bits per heavy atom. The number of benzene rings is 1. The van der Waals surface area contributed by atoms with E-state index in [0.717, 1.165) is 16.9 Å². The van der Waals surface area contributed by atoms with Gasteiger partial charge in [-0.2, -0.15) is 0 Å². The molecule has 1 amide bonds. The third kappa shape index (κ3) is 2.64. The van der Waals surface area contributed by atoms with Gasteiger partial charge in [-0.05, 0) is 31.2 Å². The molecule has 102 valence electrons. The van der Waals surface area contributed by atoms with E-state index in [0.29, 0.717) is 13.1 Å². The van der Waals surface area contributed by atoms with Crippen molar-refractivity contribution in [3.05, 3.63) is 59.9 Å². The molecule has 0 spiro atoms. The third-order valence-electron chi connectivity index (χ3n) is 3.35. The fourth-order valence-electron chi connectivity index (χ4n) is 2.25. The average molecular weight is 268 g/mol. The average Bonchev–Trinajstić information content (AvgIpc) is 2.43. The Balaban J connectivity index is 1.56. The van der Waals surface area contributed by atoms with Crippen molar-refractivity contribution in [2.45, 2.75) is 13.0 Å². The molecule has 1 aliphatic rings. The number of aryl methyl sites for hydroxylation is 1. The smallest absolute Gasteiger partial charge is 0.254 e. The highest BCUT2D eigenvalue weighted by Gasteiger charge is 2.32. The maximum atomic E-state index is 12.2. The molecule has 3 rings (SSSR count). The molecule has 2 heterocycles. The van der Waals surface area contributed by atoms with E-state index < -0.39 is 0 Å². The highest BCUT2D eigenvalue weighted by molar-refractivity contribution is 5.95. The minimum atomic E-state index is 0.0725. The van der Waals surface area contributed by atoms with E-state index in [9.17, 15) is 4.79 Å². The zero-order chi connectivity index (χ0) is 13.9. The van der Waals surface area contributed by atoms with Crippen LogP contribution in [0.1, 0.15) is 15.9 Å². The Morgan fingerprint density at radius 2 is 2.00 bits per heavy atom. The minimum Gasteiger partial charge on any atom is -0.487 e. The number of hydrogen-bond acceptors (Lipinski definition) is 3. The first kappa shape index (κ1) is 12.7. The number of pyridine rings is 1. The molecule has 0 atom stereocenters. The predicted octanol–water partition coefficient (Wildman–Crippen LogP) is 2.29. The van der Waals surface area contributed by atoms with Crippen LogP contribution in [0.15, 0.2) is 48.8 Å². The van der Waals surface area contributed by atoms with Gasteiger partial charge in [0.25, 0.3) is 5.91 Å². The van der Waals surface area contributed by atoms with Gasteiger partial charge in [0.1, 0.15) is 11.9 Å². The summed E-state index contributed by atoms with van der Waals surface area (Å²) in [6.07, 6.45) is 3.47. The van der Waals surface area contributed by atoms with Gasteiger partial charge in [-0.15, -0.1) is 0 Å². The third-order valence-corrected chi connectivity index (χ3v) is 3.35. The summed E-state index contributed by atoms with van der Waals surface area (Å²) in [7, 11) is 0. The van der Waals surface area contributed by atoms with Gasteiger partial charge in [-0.3, -0.25) is 9.78 Å². The van der Waals surface area contributed by atoms with E-state index in [1.54, 1.807) is 17.3 Å². The van der Waals surface area contributed by atoms with Crippen molar-refractivity contribution in [1.29, 1.82) is 0 Å². The number of carbonyl (C=O) groups excluding carboxylic acids is 1. The number of carbonyl (C=O) groups is 1. The number of nitrogens with zero attached hydrogens (tertiary/aromatic N) is 2. The number of rotatable bonds is 3. The second-order valence-electron chi connectivity index (χ2n) is 5.00. The van der Waals surface area contributed by atoms with Crippen molar-refractivity contribution in [3.63, 3.8) is 0 Å². The van der Waals surface area contributed by atoms with Gasteiger partial charge in [0.2, 0.25) is 0 Å². The second kappa shape index (κ2) is 5.33. The van der Waals surface area contributed by atoms with Crippen molar-refractivity contribution in [2.24, 2.45) is 0 Å². The molecular formula is C16H16N2O2. The fourth-order valence-corrected chi connectivity index (χ4v) is 2.25. The zero-order valence-corrected chi connectivity index (χ0v) is 11.3. The van der Waals surface area contributed by atoms with E-state index >= 15 is 0 Å². The molecule has 1 aliphatic heterocycles. The SMILES string of the molecule is Cc1cccc(C(=O)N2CC(Oc3ccncc3)C2)c1. The Morgan fingerprint density at radius 3 is 2.70 bits per heavy atom. The summed E-state index contributed by atoms with van der Waals surface area (Å²) in [4.78, 5) is 18.0. The zero-order valence-electron chi connectivity index (χ0n) is 11.3.